The molecule has 1 aromatic carbocycles. The highest BCUT2D eigenvalue weighted by molar-refractivity contribution is 5.73. The van der Waals surface area contributed by atoms with Gasteiger partial charge in [-0.3, -0.25) is 9.69 Å². The molecular weight excluding hydrogens is 266 g/mol. The monoisotopic (exact) mass is 289 g/mol. The van der Waals surface area contributed by atoms with E-state index in [4.69, 9.17) is 4.74 Å². The number of rotatable bonds is 5. The largest absolute Gasteiger partial charge is 0.490 e. The van der Waals surface area contributed by atoms with Gasteiger partial charge in [0.15, 0.2) is 0 Å². The van der Waals surface area contributed by atoms with Gasteiger partial charge < -0.3 is 9.84 Å². The molecule has 1 heterocycles. The third-order valence-electron chi connectivity index (χ3n) is 4.54. The van der Waals surface area contributed by atoms with Gasteiger partial charge in [-0.05, 0) is 62.8 Å². The van der Waals surface area contributed by atoms with Crippen LogP contribution >= 0.6 is 0 Å². The lowest BCUT2D eigenvalue weighted by atomic mass is 10.1. The molecule has 1 atom stereocenters. The zero-order chi connectivity index (χ0) is 14.7. The molecule has 0 unspecified atom stereocenters. The Morgan fingerprint density at radius 2 is 2.05 bits per heavy atom. The van der Waals surface area contributed by atoms with E-state index in [0.29, 0.717) is 12.6 Å². The first-order valence-corrected chi connectivity index (χ1v) is 7.95. The summed E-state index contributed by atoms with van der Waals surface area (Å²) in [6.45, 7) is 1.56. The molecule has 2 aliphatic rings. The van der Waals surface area contributed by atoms with Gasteiger partial charge in [-0.15, -0.1) is 0 Å². The molecule has 1 saturated carbocycles. The molecule has 4 nitrogen and oxygen atoms in total. The first-order chi connectivity index (χ1) is 10.2. The van der Waals surface area contributed by atoms with Crippen LogP contribution in [0.2, 0.25) is 0 Å². The summed E-state index contributed by atoms with van der Waals surface area (Å²) in [5, 5.41) is 9.24. The molecule has 21 heavy (non-hydrogen) atoms. The van der Waals surface area contributed by atoms with E-state index in [1.165, 1.54) is 12.8 Å². The first-order valence-electron chi connectivity index (χ1n) is 7.95. The van der Waals surface area contributed by atoms with Crippen LogP contribution in [0.5, 0.6) is 5.75 Å². The van der Waals surface area contributed by atoms with E-state index < -0.39 is 5.97 Å². The predicted molar refractivity (Wildman–Crippen MR) is 80.4 cm³/mol. The molecule has 0 spiro atoms. The van der Waals surface area contributed by atoms with Crippen LogP contribution in [0.1, 0.15) is 44.1 Å². The molecule has 1 saturated heterocycles. The lowest BCUT2D eigenvalue weighted by Crippen LogP contribution is -2.35. The Morgan fingerprint density at radius 1 is 1.24 bits per heavy atom. The van der Waals surface area contributed by atoms with E-state index in [-0.39, 0.29) is 6.04 Å². The molecule has 4 heteroatoms. The van der Waals surface area contributed by atoms with Crippen molar-refractivity contribution < 1.29 is 14.6 Å². The molecule has 0 radical (unpaired) electrons. The molecule has 114 valence electrons. The Balaban J connectivity index is 1.64. The average Bonchev–Trinajstić information content (AvgIpc) is 3.10. The number of hydrogen-bond acceptors (Lipinski definition) is 3. The van der Waals surface area contributed by atoms with E-state index in [0.717, 1.165) is 43.5 Å². The van der Waals surface area contributed by atoms with E-state index in [1.807, 2.05) is 12.1 Å². The number of ether oxygens (including phenoxy) is 1. The Labute approximate surface area is 125 Å². The second kappa shape index (κ2) is 6.48. The van der Waals surface area contributed by atoms with Gasteiger partial charge >= 0.3 is 5.97 Å². The topological polar surface area (TPSA) is 49.8 Å². The molecular formula is C17H23NO3. The van der Waals surface area contributed by atoms with Crippen molar-refractivity contribution in [1.82, 2.24) is 4.90 Å². The molecule has 1 aliphatic carbocycles. The summed E-state index contributed by atoms with van der Waals surface area (Å²) in [7, 11) is 0. The minimum atomic E-state index is -0.703. The minimum absolute atomic E-state index is 0.329. The van der Waals surface area contributed by atoms with Crippen LogP contribution in [0.25, 0.3) is 0 Å². The number of benzene rings is 1. The van der Waals surface area contributed by atoms with Crippen LogP contribution in [0.4, 0.5) is 0 Å². The SMILES string of the molecule is O=C(O)[C@@H]1CCCN1Cc1cccc(OC2CCCC2)c1. The van der Waals surface area contributed by atoms with Crippen LogP contribution in [0, 0.1) is 0 Å². The van der Waals surface area contributed by atoms with Gasteiger partial charge in [-0.25, -0.2) is 0 Å². The number of carboxylic acid groups (broad SMARTS) is 1. The summed E-state index contributed by atoms with van der Waals surface area (Å²) in [4.78, 5) is 13.3. The summed E-state index contributed by atoms with van der Waals surface area (Å²) >= 11 is 0. The van der Waals surface area contributed by atoms with Gasteiger partial charge in [0.05, 0.1) is 6.10 Å². The van der Waals surface area contributed by atoms with Crippen molar-refractivity contribution in [3.8, 4) is 5.75 Å². The molecule has 0 amide bonds. The maximum atomic E-state index is 11.2. The van der Waals surface area contributed by atoms with Gasteiger partial charge in [0.25, 0.3) is 0 Å². The van der Waals surface area contributed by atoms with Gasteiger partial charge in [-0.1, -0.05) is 12.1 Å². The van der Waals surface area contributed by atoms with Crippen molar-refractivity contribution in [2.75, 3.05) is 6.54 Å². The van der Waals surface area contributed by atoms with E-state index in [9.17, 15) is 9.90 Å². The maximum Gasteiger partial charge on any atom is 0.320 e. The highest BCUT2D eigenvalue weighted by Crippen LogP contribution is 2.26. The van der Waals surface area contributed by atoms with Crippen molar-refractivity contribution in [2.45, 2.75) is 57.2 Å². The van der Waals surface area contributed by atoms with Crippen molar-refractivity contribution in [1.29, 1.82) is 0 Å². The van der Waals surface area contributed by atoms with Gasteiger partial charge in [-0.2, -0.15) is 0 Å². The number of carboxylic acids is 1. The van der Waals surface area contributed by atoms with Gasteiger partial charge in [0, 0.05) is 6.54 Å². The lowest BCUT2D eigenvalue weighted by Gasteiger charge is -2.21. The summed E-state index contributed by atoms with van der Waals surface area (Å²) in [5.41, 5.74) is 1.14. The lowest BCUT2D eigenvalue weighted by molar-refractivity contribution is -0.142. The van der Waals surface area contributed by atoms with Crippen LogP contribution < -0.4 is 4.74 Å². The fraction of sp³-hybridized carbons (Fsp3) is 0.588. The number of aliphatic carboxylic acids is 1. The first kappa shape index (κ1) is 14.4. The van der Waals surface area contributed by atoms with Crippen molar-refractivity contribution >= 4 is 5.97 Å². The molecule has 0 bridgehead atoms. The highest BCUT2D eigenvalue weighted by Gasteiger charge is 2.30. The fourth-order valence-electron chi connectivity index (χ4n) is 3.45. The molecule has 0 aromatic heterocycles. The van der Waals surface area contributed by atoms with Crippen LogP contribution in [0.3, 0.4) is 0 Å². The van der Waals surface area contributed by atoms with Gasteiger partial charge in [0.1, 0.15) is 11.8 Å². The van der Waals surface area contributed by atoms with Crippen LogP contribution in [-0.2, 0) is 11.3 Å². The third kappa shape index (κ3) is 3.56. The number of likely N-dealkylation sites (tertiary alicyclic amines) is 1. The minimum Gasteiger partial charge on any atom is -0.490 e. The third-order valence-corrected chi connectivity index (χ3v) is 4.54. The zero-order valence-electron chi connectivity index (χ0n) is 12.3. The maximum absolute atomic E-state index is 11.2. The Hall–Kier alpha value is -1.55. The summed E-state index contributed by atoms with van der Waals surface area (Å²) in [6.07, 6.45) is 6.91. The van der Waals surface area contributed by atoms with Crippen LogP contribution in [-0.4, -0.2) is 34.7 Å². The smallest absolute Gasteiger partial charge is 0.320 e. The average molecular weight is 289 g/mol. The Morgan fingerprint density at radius 3 is 2.81 bits per heavy atom. The Kier molecular flexibility index (Phi) is 4.44. The normalized spacial score (nSPS) is 23.5. The second-order valence-corrected chi connectivity index (χ2v) is 6.14. The predicted octanol–water partition coefficient (Wildman–Crippen LogP) is 3.06. The van der Waals surface area contributed by atoms with E-state index in [1.54, 1.807) is 0 Å². The van der Waals surface area contributed by atoms with Crippen LogP contribution in [0.15, 0.2) is 24.3 Å². The fourth-order valence-corrected chi connectivity index (χ4v) is 3.45. The molecule has 3 rings (SSSR count). The standard InChI is InChI=1S/C17H23NO3/c19-17(20)16-9-4-10-18(16)12-13-5-3-8-15(11-13)21-14-6-1-2-7-14/h3,5,8,11,14,16H,1-2,4,6-7,9-10,12H2,(H,19,20)/t16-/m0/s1. The quantitative estimate of drug-likeness (QED) is 0.905. The molecule has 1 N–H and O–H groups in total. The number of hydrogen-bond donors (Lipinski definition) is 1. The summed E-state index contributed by atoms with van der Waals surface area (Å²) < 4.78 is 6.02. The molecule has 1 aromatic rings. The van der Waals surface area contributed by atoms with E-state index >= 15 is 0 Å². The van der Waals surface area contributed by atoms with E-state index in [2.05, 4.69) is 17.0 Å². The molecule has 2 fully saturated rings. The Bertz CT molecular complexity index is 497. The van der Waals surface area contributed by atoms with Crippen molar-refractivity contribution in [3.63, 3.8) is 0 Å². The molecule has 1 aliphatic heterocycles. The zero-order valence-corrected chi connectivity index (χ0v) is 12.3. The van der Waals surface area contributed by atoms with Gasteiger partial charge in [0.2, 0.25) is 0 Å². The van der Waals surface area contributed by atoms with Crippen molar-refractivity contribution in [2.24, 2.45) is 0 Å². The highest BCUT2D eigenvalue weighted by atomic mass is 16.5. The number of carbonyl (C=O) groups is 1. The second-order valence-electron chi connectivity index (χ2n) is 6.14. The summed E-state index contributed by atoms with van der Waals surface area (Å²) in [6, 6.07) is 7.80. The summed E-state index contributed by atoms with van der Waals surface area (Å²) in [5.74, 6) is 0.219. The van der Waals surface area contributed by atoms with Crippen molar-refractivity contribution in [3.05, 3.63) is 29.8 Å². The number of nitrogens with zero attached hydrogens (tertiary/aromatic N) is 1.